The first kappa shape index (κ1) is 29.4. The number of aryl methyl sites for hydroxylation is 1. The normalized spacial score (nSPS) is 15.5. The van der Waals surface area contributed by atoms with Crippen LogP contribution in [-0.2, 0) is 29.4 Å². The topological polar surface area (TPSA) is 102 Å². The first-order chi connectivity index (χ1) is 19.4. The molecule has 41 heavy (non-hydrogen) atoms. The molecule has 2 heterocycles. The first-order valence-electron chi connectivity index (χ1n) is 12.6. The summed E-state index contributed by atoms with van der Waals surface area (Å²) in [6.07, 6.45) is -1.03. The molecule has 1 aliphatic rings. The molecule has 12 heteroatoms. The highest BCUT2D eigenvalue weighted by Gasteiger charge is 2.37. The number of fused-ring (bicyclic) bond motifs is 1. The fourth-order valence-corrected chi connectivity index (χ4v) is 4.78. The van der Waals surface area contributed by atoms with Crippen LogP contribution in [0.15, 0.2) is 48.7 Å². The second kappa shape index (κ2) is 11.9. The van der Waals surface area contributed by atoms with E-state index < -0.39 is 30.4 Å². The Morgan fingerprint density at radius 3 is 2.32 bits per heavy atom. The highest BCUT2D eigenvalue weighted by molar-refractivity contribution is 5.87. The molecule has 1 aromatic heterocycles. The van der Waals surface area contributed by atoms with Crippen LogP contribution in [0.1, 0.15) is 40.4 Å². The molecule has 1 atom stereocenters. The highest BCUT2D eigenvalue weighted by atomic mass is 19.4. The summed E-state index contributed by atoms with van der Waals surface area (Å²) in [7, 11) is 6.35. The standard InChI is InChI=1S/C29H30F3N3O6/c1-34-9-5-6-19(34)15-33-26(36)14-23-21-13-18(29(30,31)32)7-8-20(21)22(35(23)2)10-17-11-24(39-3)28(25(12-17)40-4)41-16-27(37)38/h5-13,23H,14-16H2,1-4H3,(H,33,36)(H,37,38). The molecule has 3 aromatic rings. The van der Waals surface area contributed by atoms with E-state index in [1.807, 2.05) is 29.9 Å². The number of amides is 1. The van der Waals surface area contributed by atoms with E-state index in [0.717, 1.165) is 17.8 Å². The van der Waals surface area contributed by atoms with E-state index in [1.165, 1.54) is 20.3 Å². The lowest BCUT2D eigenvalue weighted by molar-refractivity contribution is -0.139. The van der Waals surface area contributed by atoms with Crippen LogP contribution in [0.2, 0.25) is 0 Å². The van der Waals surface area contributed by atoms with Gasteiger partial charge in [-0.1, -0.05) is 6.07 Å². The summed E-state index contributed by atoms with van der Waals surface area (Å²) in [4.78, 5) is 25.7. The minimum atomic E-state index is -4.55. The number of carbonyl (C=O) groups excluding carboxylic acids is 1. The number of aromatic nitrogens is 1. The second-order valence-corrected chi connectivity index (χ2v) is 9.48. The van der Waals surface area contributed by atoms with Crippen LogP contribution in [0.5, 0.6) is 17.2 Å². The Bertz CT molecular complexity index is 1460. The Labute approximate surface area is 234 Å². The third-order valence-corrected chi connectivity index (χ3v) is 6.88. The Balaban J connectivity index is 1.70. The van der Waals surface area contributed by atoms with Crippen molar-refractivity contribution in [3.63, 3.8) is 0 Å². The van der Waals surface area contributed by atoms with Crippen molar-refractivity contribution >= 4 is 23.6 Å². The first-order valence-corrected chi connectivity index (χ1v) is 12.6. The molecule has 0 aliphatic carbocycles. The number of carbonyl (C=O) groups is 2. The Morgan fingerprint density at radius 1 is 1.07 bits per heavy atom. The third kappa shape index (κ3) is 6.42. The molecule has 0 saturated carbocycles. The molecule has 4 rings (SSSR count). The van der Waals surface area contributed by atoms with Gasteiger partial charge in [0.15, 0.2) is 18.1 Å². The van der Waals surface area contributed by atoms with E-state index in [0.29, 0.717) is 22.4 Å². The molecular weight excluding hydrogens is 543 g/mol. The SMILES string of the molecule is COc1cc(C=C2c3ccc(C(F)(F)F)cc3C(CC(=O)NCc3cccn3C)N2C)cc(OC)c1OCC(=O)O. The van der Waals surface area contributed by atoms with Gasteiger partial charge in [0.2, 0.25) is 11.7 Å². The quantitative estimate of drug-likeness (QED) is 0.362. The number of hydrogen-bond acceptors (Lipinski definition) is 6. The van der Waals surface area contributed by atoms with Crippen LogP contribution in [0.3, 0.4) is 0 Å². The summed E-state index contributed by atoms with van der Waals surface area (Å²) in [5, 5.41) is 11.9. The Hall–Kier alpha value is -4.61. The van der Waals surface area contributed by atoms with Gasteiger partial charge in [-0.05, 0) is 53.6 Å². The number of alkyl halides is 3. The van der Waals surface area contributed by atoms with Crippen LogP contribution in [0, 0.1) is 0 Å². The zero-order valence-corrected chi connectivity index (χ0v) is 22.9. The summed E-state index contributed by atoms with van der Waals surface area (Å²) in [5.74, 6) is -0.968. The maximum Gasteiger partial charge on any atom is 0.416 e. The minimum Gasteiger partial charge on any atom is -0.493 e. The predicted octanol–water partition coefficient (Wildman–Crippen LogP) is 4.72. The number of rotatable bonds is 10. The van der Waals surface area contributed by atoms with E-state index in [2.05, 4.69) is 5.32 Å². The number of hydrogen-bond donors (Lipinski definition) is 2. The average molecular weight is 574 g/mol. The number of nitrogens with zero attached hydrogens (tertiary/aromatic N) is 2. The van der Waals surface area contributed by atoms with Gasteiger partial charge in [-0.15, -0.1) is 0 Å². The van der Waals surface area contributed by atoms with Gasteiger partial charge in [0.1, 0.15) is 0 Å². The van der Waals surface area contributed by atoms with Crippen molar-refractivity contribution in [1.29, 1.82) is 0 Å². The van der Waals surface area contributed by atoms with E-state index in [1.54, 1.807) is 30.2 Å². The molecule has 0 radical (unpaired) electrons. The Kier molecular flexibility index (Phi) is 8.50. The maximum atomic E-state index is 13.6. The zero-order chi connectivity index (χ0) is 29.9. The molecule has 1 aliphatic heterocycles. The smallest absolute Gasteiger partial charge is 0.416 e. The number of ether oxygens (including phenoxy) is 3. The number of nitrogens with one attached hydrogen (secondary N) is 1. The lowest BCUT2D eigenvalue weighted by atomic mass is 9.98. The fraction of sp³-hybridized carbons (Fsp3) is 0.310. The van der Waals surface area contributed by atoms with Crippen molar-refractivity contribution in [2.45, 2.75) is 25.2 Å². The molecule has 0 spiro atoms. The van der Waals surface area contributed by atoms with E-state index in [9.17, 15) is 22.8 Å². The number of methoxy groups -OCH3 is 2. The number of aliphatic carboxylic acids is 1. The summed E-state index contributed by atoms with van der Waals surface area (Å²) >= 11 is 0. The van der Waals surface area contributed by atoms with Gasteiger partial charge in [-0.3, -0.25) is 4.79 Å². The van der Waals surface area contributed by atoms with E-state index in [4.69, 9.17) is 19.3 Å². The minimum absolute atomic E-state index is 0.0683. The van der Waals surface area contributed by atoms with E-state index >= 15 is 0 Å². The number of carboxylic acids is 1. The van der Waals surface area contributed by atoms with Crippen molar-refractivity contribution in [2.24, 2.45) is 7.05 Å². The van der Waals surface area contributed by atoms with Gasteiger partial charge in [0, 0.05) is 37.2 Å². The molecule has 9 nitrogen and oxygen atoms in total. The van der Waals surface area contributed by atoms with Crippen LogP contribution in [0.4, 0.5) is 13.2 Å². The molecule has 2 aromatic carbocycles. The van der Waals surface area contributed by atoms with Crippen molar-refractivity contribution in [1.82, 2.24) is 14.8 Å². The molecule has 0 bridgehead atoms. The van der Waals surface area contributed by atoms with Gasteiger partial charge in [0.25, 0.3) is 0 Å². The van der Waals surface area contributed by atoms with Gasteiger partial charge < -0.3 is 34.1 Å². The predicted molar refractivity (Wildman–Crippen MR) is 144 cm³/mol. The van der Waals surface area contributed by atoms with Gasteiger partial charge >= 0.3 is 12.1 Å². The number of benzene rings is 2. The van der Waals surface area contributed by atoms with E-state index in [-0.39, 0.29) is 36.1 Å². The van der Waals surface area contributed by atoms with Gasteiger partial charge in [0.05, 0.1) is 38.8 Å². The average Bonchev–Trinajstić information content (AvgIpc) is 3.45. The lowest BCUT2D eigenvalue weighted by Crippen LogP contribution is -2.28. The summed E-state index contributed by atoms with van der Waals surface area (Å²) in [5.41, 5.74) is 2.15. The summed E-state index contributed by atoms with van der Waals surface area (Å²) in [6, 6.07) is 9.78. The zero-order valence-electron chi connectivity index (χ0n) is 22.9. The van der Waals surface area contributed by atoms with Crippen molar-refractivity contribution in [3.8, 4) is 17.2 Å². The van der Waals surface area contributed by atoms with Gasteiger partial charge in [-0.25, -0.2) is 4.79 Å². The number of halogens is 3. The molecule has 218 valence electrons. The maximum absolute atomic E-state index is 13.6. The molecule has 0 fully saturated rings. The molecule has 2 N–H and O–H groups in total. The molecule has 1 unspecified atom stereocenters. The van der Waals surface area contributed by atoms with Crippen molar-refractivity contribution in [2.75, 3.05) is 27.9 Å². The Morgan fingerprint density at radius 2 is 1.76 bits per heavy atom. The third-order valence-electron chi connectivity index (χ3n) is 6.88. The number of carboxylic acid groups (broad SMARTS) is 1. The fourth-order valence-electron chi connectivity index (χ4n) is 4.78. The molecule has 1 amide bonds. The van der Waals surface area contributed by atoms with Crippen molar-refractivity contribution < 1.29 is 42.1 Å². The molecule has 0 saturated heterocycles. The van der Waals surface area contributed by atoms with Crippen LogP contribution in [-0.4, -0.2) is 54.3 Å². The van der Waals surface area contributed by atoms with Crippen molar-refractivity contribution in [3.05, 3.63) is 76.6 Å². The monoisotopic (exact) mass is 573 g/mol. The largest absolute Gasteiger partial charge is 0.493 e. The lowest BCUT2D eigenvalue weighted by Gasteiger charge is -2.24. The second-order valence-electron chi connectivity index (χ2n) is 9.48. The van der Waals surface area contributed by atoms with Gasteiger partial charge in [-0.2, -0.15) is 13.2 Å². The summed E-state index contributed by atoms with van der Waals surface area (Å²) < 4.78 is 58.9. The van der Waals surface area contributed by atoms with Crippen LogP contribution in [0.25, 0.3) is 11.8 Å². The summed E-state index contributed by atoms with van der Waals surface area (Å²) in [6.45, 7) is -0.328. The van der Waals surface area contributed by atoms with Crippen LogP contribution < -0.4 is 19.5 Å². The highest BCUT2D eigenvalue weighted by Crippen LogP contribution is 2.46. The van der Waals surface area contributed by atoms with Crippen LogP contribution >= 0.6 is 0 Å². The molecular formula is C29H30F3N3O6.